The van der Waals surface area contributed by atoms with Gasteiger partial charge in [-0.05, 0) is 6.42 Å². The van der Waals surface area contributed by atoms with Crippen LogP contribution in [-0.4, -0.2) is 32.2 Å². The van der Waals surface area contributed by atoms with E-state index in [4.69, 9.17) is 14.2 Å². The highest BCUT2D eigenvalue weighted by molar-refractivity contribution is 4.81. The van der Waals surface area contributed by atoms with E-state index in [2.05, 4.69) is 6.92 Å². The molecule has 2 rings (SSSR count). The molecule has 0 amide bonds. The highest BCUT2D eigenvalue weighted by Gasteiger charge is 2.44. The van der Waals surface area contributed by atoms with Gasteiger partial charge >= 0.3 is 0 Å². The number of hydrogen-bond donors (Lipinski definition) is 0. The summed E-state index contributed by atoms with van der Waals surface area (Å²) in [5.74, 6) is 0.243. The molecule has 3 heteroatoms. The van der Waals surface area contributed by atoms with Crippen LogP contribution in [-0.2, 0) is 14.2 Å². The van der Waals surface area contributed by atoms with Crippen LogP contribution in [0.15, 0.2) is 0 Å². The van der Waals surface area contributed by atoms with Gasteiger partial charge in [-0.3, -0.25) is 0 Å². The van der Waals surface area contributed by atoms with Crippen LogP contribution in [0.3, 0.4) is 0 Å². The van der Waals surface area contributed by atoms with Gasteiger partial charge in [0.25, 0.3) is 0 Å². The largest absolute Gasteiger partial charge is 0.370 e. The molecule has 2 fully saturated rings. The van der Waals surface area contributed by atoms with E-state index >= 15 is 0 Å². The van der Waals surface area contributed by atoms with Crippen molar-refractivity contribution >= 4 is 0 Å². The Morgan fingerprint density at radius 1 is 1.27 bits per heavy atom. The SMILES string of the molecule is CCC1COC2(COC2)OC1. The van der Waals surface area contributed by atoms with Gasteiger partial charge in [-0.2, -0.15) is 0 Å². The summed E-state index contributed by atoms with van der Waals surface area (Å²) in [5.41, 5.74) is 0. The normalized spacial score (nSPS) is 30.3. The Labute approximate surface area is 66.6 Å². The van der Waals surface area contributed by atoms with E-state index in [1.807, 2.05) is 0 Å². The van der Waals surface area contributed by atoms with E-state index in [1.165, 1.54) is 0 Å². The second-order valence-electron chi connectivity index (χ2n) is 3.30. The van der Waals surface area contributed by atoms with Gasteiger partial charge < -0.3 is 14.2 Å². The van der Waals surface area contributed by atoms with Crippen molar-refractivity contribution in [1.82, 2.24) is 0 Å². The Hall–Kier alpha value is -0.120. The molecule has 0 saturated carbocycles. The zero-order valence-electron chi connectivity index (χ0n) is 6.84. The third-order valence-electron chi connectivity index (χ3n) is 2.39. The molecule has 2 aliphatic heterocycles. The summed E-state index contributed by atoms with van der Waals surface area (Å²) in [7, 11) is 0. The summed E-state index contributed by atoms with van der Waals surface area (Å²) in [5, 5.41) is 0. The average molecular weight is 158 g/mol. The molecule has 0 radical (unpaired) electrons. The third kappa shape index (κ3) is 1.28. The van der Waals surface area contributed by atoms with Crippen molar-refractivity contribution in [2.75, 3.05) is 26.4 Å². The molecular weight excluding hydrogens is 144 g/mol. The molecule has 2 heterocycles. The smallest absolute Gasteiger partial charge is 0.216 e. The van der Waals surface area contributed by atoms with Crippen molar-refractivity contribution in [2.45, 2.75) is 19.1 Å². The van der Waals surface area contributed by atoms with Crippen LogP contribution in [0.4, 0.5) is 0 Å². The van der Waals surface area contributed by atoms with Crippen molar-refractivity contribution in [2.24, 2.45) is 5.92 Å². The molecule has 0 aromatic heterocycles. The predicted molar refractivity (Wildman–Crippen MR) is 39.2 cm³/mol. The summed E-state index contributed by atoms with van der Waals surface area (Å²) in [6.07, 6.45) is 1.14. The molecule has 1 spiro atoms. The third-order valence-corrected chi connectivity index (χ3v) is 2.39. The molecule has 0 atom stereocenters. The van der Waals surface area contributed by atoms with Gasteiger partial charge in [0.05, 0.1) is 13.2 Å². The average Bonchev–Trinajstić information content (AvgIpc) is 2.02. The van der Waals surface area contributed by atoms with Gasteiger partial charge in [0, 0.05) is 5.92 Å². The Morgan fingerprint density at radius 2 is 1.91 bits per heavy atom. The molecule has 0 bridgehead atoms. The molecule has 0 aliphatic carbocycles. The maximum atomic E-state index is 5.56. The first-order valence-corrected chi connectivity index (χ1v) is 4.20. The van der Waals surface area contributed by atoms with E-state index < -0.39 is 0 Å². The molecule has 0 aromatic carbocycles. The molecule has 64 valence electrons. The van der Waals surface area contributed by atoms with Gasteiger partial charge in [-0.25, -0.2) is 0 Å². The van der Waals surface area contributed by atoms with Gasteiger partial charge in [0.15, 0.2) is 0 Å². The van der Waals surface area contributed by atoms with Gasteiger partial charge in [-0.1, -0.05) is 6.92 Å². The van der Waals surface area contributed by atoms with E-state index in [-0.39, 0.29) is 5.79 Å². The predicted octanol–water partition coefficient (Wildman–Crippen LogP) is 0.786. The minimum Gasteiger partial charge on any atom is -0.370 e. The molecule has 2 saturated heterocycles. The van der Waals surface area contributed by atoms with E-state index in [9.17, 15) is 0 Å². The summed E-state index contributed by atoms with van der Waals surface area (Å²) in [6, 6.07) is 0. The zero-order chi connectivity index (χ0) is 7.73. The summed E-state index contributed by atoms with van der Waals surface area (Å²) >= 11 is 0. The first-order chi connectivity index (χ1) is 5.35. The molecule has 0 N–H and O–H groups in total. The Morgan fingerprint density at radius 3 is 2.27 bits per heavy atom. The maximum absolute atomic E-state index is 5.56. The Bertz CT molecular complexity index is 132. The lowest BCUT2D eigenvalue weighted by atomic mass is 10.1. The summed E-state index contributed by atoms with van der Waals surface area (Å²) in [6.45, 7) is 5.05. The highest BCUT2D eigenvalue weighted by atomic mass is 16.8. The van der Waals surface area contributed by atoms with Gasteiger partial charge in [-0.15, -0.1) is 0 Å². The summed E-state index contributed by atoms with van der Waals surface area (Å²) in [4.78, 5) is 0. The van der Waals surface area contributed by atoms with Gasteiger partial charge in [0.2, 0.25) is 5.79 Å². The number of hydrogen-bond acceptors (Lipinski definition) is 3. The fourth-order valence-corrected chi connectivity index (χ4v) is 1.30. The topological polar surface area (TPSA) is 27.7 Å². The van der Waals surface area contributed by atoms with E-state index in [1.54, 1.807) is 0 Å². The quantitative estimate of drug-likeness (QED) is 0.564. The van der Waals surface area contributed by atoms with E-state index in [0.29, 0.717) is 19.1 Å². The number of ether oxygens (including phenoxy) is 3. The van der Waals surface area contributed by atoms with Crippen LogP contribution in [0.2, 0.25) is 0 Å². The molecule has 11 heavy (non-hydrogen) atoms. The van der Waals surface area contributed by atoms with Crippen molar-refractivity contribution in [1.29, 1.82) is 0 Å². The van der Waals surface area contributed by atoms with Crippen molar-refractivity contribution in [3.63, 3.8) is 0 Å². The second kappa shape index (κ2) is 2.73. The fraction of sp³-hybridized carbons (Fsp3) is 1.00. The Kier molecular flexibility index (Phi) is 1.87. The first-order valence-electron chi connectivity index (χ1n) is 4.20. The standard InChI is InChI=1S/C8H14O3/c1-2-7-3-10-8(11-4-7)5-9-6-8/h7H,2-6H2,1H3. The molecule has 2 aliphatic rings. The van der Waals surface area contributed by atoms with Crippen LogP contribution in [0.5, 0.6) is 0 Å². The van der Waals surface area contributed by atoms with Crippen LogP contribution < -0.4 is 0 Å². The van der Waals surface area contributed by atoms with Crippen LogP contribution >= 0.6 is 0 Å². The van der Waals surface area contributed by atoms with E-state index in [0.717, 1.165) is 19.6 Å². The van der Waals surface area contributed by atoms with Crippen molar-refractivity contribution < 1.29 is 14.2 Å². The summed E-state index contributed by atoms with van der Waals surface area (Å²) < 4.78 is 16.1. The van der Waals surface area contributed by atoms with Crippen LogP contribution in [0.25, 0.3) is 0 Å². The minimum absolute atomic E-state index is 0.342. The molecular formula is C8H14O3. The van der Waals surface area contributed by atoms with Crippen molar-refractivity contribution in [3.8, 4) is 0 Å². The maximum Gasteiger partial charge on any atom is 0.216 e. The lowest BCUT2D eigenvalue weighted by molar-refractivity contribution is -0.370. The first kappa shape index (κ1) is 7.53. The second-order valence-corrected chi connectivity index (χ2v) is 3.30. The minimum atomic E-state index is -0.342. The molecule has 0 unspecified atom stereocenters. The molecule has 0 aromatic rings. The van der Waals surface area contributed by atoms with Crippen LogP contribution in [0, 0.1) is 5.92 Å². The Balaban J connectivity index is 1.84. The van der Waals surface area contributed by atoms with Crippen molar-refractivity contribution in [3.05, 3.63) is 0 Å². The monoisotopic (exact) mass is 158 g/mol. The molecule has 3 nitrogen and oxygen atoms in total. The fourth-order valence-electron chi connectivity index (χ4n) is 1.30. The zero-order valence-corrected chi connectivity index (χ0v) is 6.84. The lowest BCUT2D eigenvalue weighted by Crippen LogP contribution is -2.57. The lowest BCUT2D eigenvalue weighted by Gasteiger charge is -2.45. The highest BCUT2D eigenvalue weighted by Crippen LogP contribution is 2.29. The van der Waals surface area contributed by atoms with Crippen LogP contribution in [0.1, 0.15) is 13.3 Å². The van der Waals surface area contributed by atoms with Gasteiger partial charge in [0.1, 0.15) is 13.2 Å². The number of rotatable bonds is 1.